The van der Waals surface area contributed by atoms with Gasteiger partial charge in [0.05, 0.1) is 6.04 Å². The van der Waals surface area contributed by atoms with E-state index in [4.69, 9.17) is 16.1 Å². The van der Waals surface area contributed by atoms with E-state index in [-0.39, 0.29) is 17.8 Å². The molecule has 2 heterocycles. The molecule has 1 saturated heterocycles. The number of alkyl halides is 1. The van der Waals surface area contributed by atoms with Crippen molar-refractivity contribution in [3.63, 3.8) is 0 Å². The van der Waals surface area contributed by atoms with Gasteiger partial charge >= 0.3 is 0 Å². The number of benzene rings is 1. The number of amides is 1. The van der Waals surface area contributed by atoms with Gasteiger partial charge < -0.3 is 9.42 Å². The van der Waals surface area contributed by atoms with E-state index in [9.17, 15) is 4.79 Å². The van der Waals surface area contributed by atoms with Crippen molar-refractivity contribution in [2.24, 2.45) is 0 Å². The molecule has 5 heteroatoms. The molecule has 0 aliphatic carbocycles. The lowest BCUT2D eigenvalue weighted by atomic mass is 10.1. The highest BCUT2D eigenvalue weighted by atomic mass is 35.5. The molecule has 1 aliphatic heterocycles. The van der Waals surface area contributed by atoms with Crippen LogP contribution in [0.5, 0.6) is 0 Å². The number of halogens is 1. The van der Waals surface area contributed by atoms with Crippen molar-refractivity contribution in [3.05, 3.63) is 42.2 Å². The Bertz CT molecular complexity index is 597. The normalized spacial score (nSPS) is 18.4. The molecule has 0 bridgehead atoms. The Kier molecular flexibility index (Phi) is 3.74. The monoisotopic (exact) mass is 290 g/mol. The van der Waals surface area contributed by atoms with E-state index >= 15 is 0 Å². The van der Waals surface area contributed by atoms with Gasteiger partial charge in [0, 0.05) is 18.2 Å². The highest BCUT2D eigenvalue weighted by molar-refractivity contribution is 6.27. The Morgan fingerprint density at radius 1 is 1.40 bits per heavy atom. The maximum atomic E-state index is 11.8. The summed E-state index contributed by atoms with van der Waals surface area (Å²) < 4.78 is 5.44. The SMILES string of the molecule is O=C(CCl)N1CCCC1c1cc(-c2ccccc2)no1. The first kappa shape index (κ1) is 13.2. The largest absolute Gasteiger partial charge is 0.359 e. The average molecular weight is 291 g/mol. The third kappa shape index (κ3) is 2.43. The van der Waals surface area contributed by atoms with Gasteiger partial charge in [-0.3, -0.25) is 4.79 Å². The van der Waals surface area contributed by atoms with Gasteiger partial charge in [-0.1, -0.05) is 35.5 Å². The molecule has 1 unspecified atom stereocenters. The first-order chi connectivity index (χ1) is 9.79. The Hall–Kier alpha value is -1.81. The van der Waals surface area contributed by atoms with E-state index in [0.717, 1.165) is 36.4 Å². The fourth-order valence-corrected chi connectivity index (χ4v) is 2.78. The van der Waals surface area contributed by atoms with Crippen molar-refractivity contribution in [1.29, 1.82) is 0 Å². The summed E-state index contributed by atoms with van der Waals surface area (Å²) in [6, 6.07) is 11.7. The van der Waals surface area contributed by atoms with E-state index in [1.54, 1.807) is 4.90 Å². The number of carbonyl (C=O) groups excluding carboxylic acids is 1. The van der Waals surface area contributed by atoms with Crippen LogP contribution in [0.15, 0.2) is 40.9 Å². The van der Waals surface area contributed by atoms with Crippen LogP contribution in [0.1, 0.15) is 24.6 Å². The molecule has 1 aromatic heterocycles. The first-order valence-electron chi connectivity index (χ1n) is 6.67. The van der Waals surface area contributed by atoms with E-state index in [2.05, 4.69) is 5.16 Å². The average Bonchev–Trinajstić information content (AvgIpc) is 3.15. The van der Waals surface area contributed by atoms with E-state index < -0.39 is 0 Å². The third-order valence-electron chi connectivity index (χ3n) is 3.61. The first-order valence-corrected chi connectivity index (χ1v) is 7.20. The molecular formula is C15H15ClN2O2. The molecule has 0 saturated carbocycles. The minimum Gasteiger partial charge on any atom is -0.359 e. The standard InChI is InChI=1S/C15H15ClN2O2/c16-10-15(19)18-8-4-7-13(18)14-9-12(17-20-14)11-5-2-1-3-6-11/h1-3,5-6,9,13H,4,7-8,10H2. The van der Waals surface area contributed by atoms with Crippen LogP contribution in [0.25, 0.3) is 11.3 Å². The quantitative estimate of drug-likeness (QED) is 0.815. The van der Waals surface area contributed by atoms with Crippen LogP contribution in [-0.4, -0.2) is 28.4 Å². The van der Waals surface area contributed by atoms with Crippen molar-refractivity contribution >= 4 is 17.5 Å². The van der Waals surface area contributed by atoms with Gasteiger partial charge in [0.25, 0.3) is 0 Å². The summed E-state index contributed by atoms with van der Waals surface area (Å²) in [4.78, 5) is 13.6. The second-order valence-corrected chi connectivity index (χ2v) is 5.13. The smallest absolute Gasteiger partial charge is 0.238 e. The van der Waals surface area contributed by atoms with Crippen LogP contribution < -0.4 is 0 Å². The van der Waals surface area contributed by atoms with Crippen LogP contribution in [0.3, 0.4) is 0 Å². The summed E-state index contributed by atoms with van der Waals surface area (Å²) in [5, 5.41) is 4.10. The van der Waals surface area contributed by atoms with Crippen molar-refractivity contribution in [1.82, 2.24) is 10.1 Å². The predicted octanol–water partition coefficient (Wildman–Crippen LogP) is 3.24. The Morgan fingerprint density at radius 2 is 2.20 bits per heavy atom. The molecule has 0 spiro atoms. The number of likely N-dealkylation sites (tertiary alicyclic amines) is 1. The maximum absolute atomic E-state index is 11.8. The molecule has 1 amide bonds. The van der Waals surface area contributed by atoms with Crippen LogP contribution in [-0.2, 0) is 4.79 Å². The molecule has 104 valence electrons. The summed E-state index contributed by atoms with van der Waals surface area (Å²) in [6.45, 7) is 0.734. The van der Waals surface area contributed by atoms with E-state index in [0.29, 0.717) is 0 Å². The number of nitrogens with zero attached hydrogens (tertiary/aromatic N) is 2. The number of aromatic nitrogens is 1. The third-order valence-corrected chi connectivity index (χ3v) is 3.84. The predicted molar refractivity (Wildman–Crippen MR) is 76.3 cm³/mol. The zero-order chi connectivity index (χ0) is 13.9. The van der Waals surface area contributed by atoms with Crippen LogP contribution >= 0.6 is 11.6 Å². The molecular weight excluding hydrogens is 276 g/mol. The van der Waals surface area contributed by atoms with Gasteiger partial charge in [0.2, 0.25) is 5.91 Å². The van der Waals surface area contributed by atoms with Crippen LogP contribution in [0.2, 0.25) is 0 Å². The number of rotatable bonds is 3. The van der Waals surface area contributed by atoms with Gasteiger partial charge in [-0.25, -0.2) is 0 Å². The Balaban J connectivity index is 1.85. The summed E-state index contributed by atoms with van der Waals surface area (Å²) >= 11 is 5.65. The highest BCUT2D eigenvalue weighted by Crippen LogP contribution is 2.34. The van der Waals surface area contributed by atoms with Gasteiger partial charge in [-0.05, 0) is 12.8 Å². The fraction of sp³-hybridized carbons (Fsp3) is 0.333. The lowest BCUT2D eigenvalue weighted by Crippen LogP contribution is -2.31. The second-order valence-electron chi connectivity index (χ2n) is 4.86. The molecule has 1 fully saturated rings. The van der Waals surface area contributed by atoms with Crippen molar-refractivity contribution < 1.29 is 9.32 Å². The molecule has 20 heavy (non-hydrogen) atoms. The van der Waals surface area contributed by atoms with Crippen LogP contribution in [0.4, 0.5) is 0 Å². The number of hydrogen-bond acceptors (Lipinski definition) is 3. The fourth-order valence-electron chi connectivity index (χ4n) is 2.63. The summed E-state index contributed by atoms with van der Waals surface area (Å²) in [6.07, 6.45) is 1.86. The lowest BCUT2D eigenvalue weighted by molar-refractivity contribution is -0.129. The van der Waals surface area contributed by atoms with Gasteiger partial charge in [-0.2, -0.15) is 0 Å². The van der Waals surface area contributed by atoms with Crippen molar-refractivity contribution in [2.75, 3.05) is 12.4 Å². The Labute approximate surface area is 122 Å². The van der Waals surface area contributed by atoms with Crippen molar-refractivity contribution in [2.45, 2.75) is 18.9 Å². The molecule has 0 N–H and O–H groups in total. The highest BCUT2D eigenvalue weighted by Gasteiger charge is 2.32. The molecule has 3 rings (SSSR count). The zero-order valence-corrected chi connectivity index (χ0v) is 11.7. The zero-order valence-electron chi connectivity index (χ0n) is 11.0. The minimum absolute atomic E-state index is 0.0101. The Morgan fingerprint density at radius 3 is 2.95 bits per heavy atom. The van der Waals surface area contributed by atoms with Gasteiger partial charge in [0.15, 0.2) is 5.76 Å². The van der Waals surface area contributed by atoms with E-state index in [1.165, 1.54) is 0 Å². The minimum atomic E-state index is -0.0492. The molecule has 2 aromatic rings. The molecule has 1 aliphatic rings. The molecule has 1 aromatic carbocycles. The second kappa shape index (κ2) is 5.67. The lowest BCUT2D eigenvalue weighted by Gasteiger charge is -2.21. The maximum Gasteiger partial charge on any atom is 0.238 e. The molecule has 0 radical (unpaired) electrons. The van der Waals surface area contributed by atoms with Crippen LogP contribution in [0, 0.1) is 0 Å². The van der Waals surface area contributed by atoms with E-state index in [1.807, 2.05) is 36.4 Å². The summed E-state index contributed by atoms with van der Waals surface area (Å²) in [5.74, 6) is 0.697. The molecule has 1 atom stereocenters. The topological polar surface area (TPSA) is 46.3 Å². The summed E-state index contributed by atoms with van der Waals surface area (Å²) in [7, 11) is 0. The van der Waals surface area contributed by atoms with Crippen molar-refractivity contribution in [3.8, 4) is 11.3 Å². The molecule has 4 nitrogen and oxygen atoms in total. The number of carbonyl (C=O) groups is 1. The number of hydrogen-bond donors (Lipinski definition) is 0. The van der Waals surface area contributed by atoms with Gasteiger partial charge in [0.1, 0.15) is 11.6 Å². The summed E-state index contributed by atoms with van der Waals surface area (Å²) in [5.41, 5.74) is 1.81. The van der Waals surface area contributed by atoms with Gasteiger partial charge in [-0.15, -0.1) is 11.6 Å².